The van der Waals surface area contributed by atoms with Crippen LogP contribution in [0.5, 0.6) is 0 Å². The number of amides is 2. The molecule has 1 unspecified atom stereocenters. The minimum atomic E-state index is -0.470. The zero-order chi connectivity index (χ0) is 21.8. The molecule has 8 heteroatoms. The quantitative estimate of drug-likeness (QED) is 0.734. The molecule has 0 N–H and O–H groups in total. The Bertz CT molecular complexity index is 985. The van der Waals surface area contributed by atoms with E-state index in [1.807, 2.05) is 48.5 Å². The molecule has 1 aromatic carbocycles. The van der Waals surface area contributed by atoms with Crippen LogP contribution in [0.2, 0.25) is 0 Å². The molecule has 0 saturated carbocycles. The zero-order valence-corrected chi connectivity index (χ0v) is 17.5. The van der Waals surface area contributed by atoms with Crippen molar-refractivity contribution in [2.75, 3.05) is 31.2 Å². The van der Waals surface area contributed by atoms with Crippen molar-refractivity contribution in [1.82, 2.24) is 14.8 Å². The largest absolute Gasteiger partial charge is 0.339 e. The molecule has 1 fully saturated rings. The molecule has 31 heavy (non-hydrogen) atoms. The van der Waals surface area contributed by atoms with Crippen LogP contribution in [-0.2, 0) is 20.8 Å². The van der Waals surface area contributed by atoms with E-state index in [2.05, 4.69) is 10.1 Å². The summed E-state index contributed by atoms with van der Waals surface area (Å²) in [6.45, 7) is 3.37. The van der Waals surface area contributed by atoms with Crippen molar-refractivity contribution in [3.8, 4) is 0 Å². The second-order valence-electron chi connectivity index (χ2n) is 7.73. The minimum Gasteiger partial charge on any atom is -0.339 e. The van der Waals surface area contributed by atoms with Gasteiger partial charge in [0.25, 0.3) is 5.91 Å². The summed E-state index contributed by atoms with van der Waals surface area (Å²) in [6, 6.07) is 14.4. The third-order valence-electron chi connectivity index (χ3n) is 5.63. The predicted molar refractivity (Wildman–Crippen MR) is 117 cm³/mol. The van der Waals surface area contributed by atoms with Crippen molar-refractivity contribution in [2.45, 2.75) is 25.8 Å². The van der Waals surface area contributed by atoms with Crippen LogP contribution in [0, 0.1) is 0 Å². The van der Waals surface area contributed by atoms with E-state index < -0.39 is 6.04 Å². The van der Waals surface area contributed by atoms with Gasteiger partial charge < -0.3 is 9.80 Å². The van der Waals surface area contributed by atoms with Crippen LogP contribution in [0.15, 0.2) is 59.8 Å². The maximum absolute atomic E-state index is 13.1. The molecule has 0 aliphatic carbocycles. The van der Waals surface area contributed by atoms with E-state index in [9.17, 15) is 14.4 Å². The number of hydrogen-bond donors (Lipinski definition) is 0. The monoisotopic (exact) mass is 419 g/mol. The van der Waals surface area contributed by atoms with E-state index in [1.54, 1.807) is 21.0 Å². The smallest absolute Gasteiger partial charge is 0.270 e. The summed E-state index contributed by atoms with van der Waals surface area (Å²) in [5.41, 5.74) is 1.91. The first kappa shape index (κ1) is 20.7. The van der Waals surface area contributed by atoms with Gasteiger partial charge in [-0.05, 0) is 31.2 Å². The van der Waals surface area contributed by atoms with E-state index in [4.69, 9.17) is 0 Å². The number of benzene rings is 1. The third-order valence-corrected chi connectivity index (χ3v) is 5.63. The van der Waals surface area contributed by atoms with Crippen LogP contribution in [0.1, 0.15) is 19.0 Å². The highest BCUT2D eigenvalue weighted by molar-refractivity contribution is 6.40. The van der Waals surface area contributed by atoms with Crippen molar-refractivity contribution in [3.63, 3.8) is 0 Å². The Balaban J connectivity index is 1.38. The molecule has 8 nitrogen and oxygen atoms in total. The van der Waals surface area contributed by atoms with E-state index in [0.29, 0.717) is 38.3 Å². The van der Waals surface area contributed by atoms with Gasteiger partial charge in [0, 0.05) is 44.5 Å². The molecule has 160 valence electrons. The number of aromatic nitrogens is 1. The second-order valence-corrected chi connectivity index (χ2v) is 7.73. The normalized spacial score (nSPS) is 18.7. The molecule has 3 heterocycles. The van der Waals surface area contributed by atoms with Gasteiger partial charge in [0.2, 0.25) is 5.91 Å². The van der Waals surface area contributed by atoms with E-state index in [0.717, 1.165) is 11.4 Å². The molecule has 2 aliphatic heterocycles. The number of para-hydroxylation sites is 1. The number of hydrogen-bond acceptors (Lipinski definition) is 6. The van der Waals surface area contributed by atoms with Crippen molar-refractivity contribution < 1.29 is 14.4 Å². The SMILES string of the molecule is CC(=O)C1CC(C(=O)N2CCN(C(=O)Cc3ccccn3)CC2)=NN1c1ccccc1. The molecule has 0 spiro atoms. The average molecular weight is 419 g/mol. The molecular weight excluding hydrogens is 394 g/mol. The van der Waals surface area contributed by atoms with Crippen LogP contribution in [0.3, 0.4) is 0 Å². The van der Waals surface area contributed by atoms with Crippen LogP contribution in [-0.4, -0.2) is 70.3 Å². The molecule has 1 saturated heterocycles. The van der Waals surface area contributed by atoms with Gasteiger partial charge in [-0.2, -0.15) is 5.10 Å². The Morgan fingerprint density at radius 2 is 1.61 bits per heavy atom. The molecule has 4 rings (SSSR count). The number of Topliss-reactive ketones (excluding diaryl/α,β-unsaturated/α-hetero) is 1. The van der Waals surface area contributed by atoms with Gasteiger partial charge in [0.1, 0.15) is 11.8 Å². The van der Waals surface area contributed by atoms with Crippen molar-refractivity contribution >= 4 is 29.0 Å². The van der Waals surface area contributed by atoms with Gasteiger partial charge in [-0.1, -0.05) is 24.3 Å². The van der Waals surface area contributed by atoms with Gasteiger partial charge in [-0.15, -0.1) is 0 Å². The lowest BCUT2D eigenvalue weighted by Gasteiger charge is -2.34. The van der Waals surface area contributed by atoms with Crippen molar-refractivity contribution in [3.05, 3.63) is 60.4 Å². The molecule has 1 aromatic heterocycles. The zero-order valence-electron chi connectivity index (χ0n) is 17.5. The number of ketones is 1. The fourth-order valence-electron chi connectivity index (χ4n) is 3.89. The first-order valence-corrected chi connectivity index (χ1v) is 10.4. The number of pyridine rings is 1. The highest BCUT2D eigenvalue weighted by atomic mass is 16.2. The number of hydrazone groups is 1. The number of nitrogens with zero attached hydrogens (tertiary/aromatic N) is 5. The molecule has 2 amide bonds. The molecule has 0 radical (unpaired) electrons. The lowest BCUT2D eigenvalue weighted by molar-refractivity contribution is -0.136. The van der Waals surface area contributed by atoms with Crippen LogP contribution in [0.4, 0.5) is 5.69 Å². The van der Waals surface area contributed by atoms with Gasteiger partial charge >= 0.3 is 0 Å². The second kappa shape index (κ2) is 9.07. The maximum atomic E-state index is 13.1. The van der Waals surface area contributed by atoms with Crippen molar-refractivity contribution in [2.24, 2.45) is 5.10 Å². The fraction of sp³-hybridized carbons (Fsp3) is 0.348. The Hall–Kier alpha value is -3.55. The van der Waals surface area contributed by atoms with Gasteiger partial charge in [-0.3, -0.25) is 24.4 Å². The standard InChI is InChI=1S/C23H25N5O3/c1-17(29)21-16-20(25-28(21)19-8-3-2-4-9-19)23(31)27-13-11-26(12-14-27)22(30)15-18-7-5-6-10-24-18/h2-10,21H,11-16H2,1H3. The number of rotatable bonds is 5. The number of carbonyl (C=O) groups is 3. The Kier molecular flexibility index (Phi) is 6.06. The number of anilines is 1. The van der Waals surface area contributed by atoms with E-state index >= 15 is 0 Å². The summed E-state index contributed by atoms with van der Waals surface area (Å²) < 4.78 is 0. The Labute approximate surface area is 181 Å². The molecule has 0 bridgehead atoms. The van der Waals surface area contributed by atoms with Crippen molar-refractivity contribution in [1.29, 1.82) is 0 Å². The molecular formula is C23H25N5O3. The van der Waals surface area contributed by atoms with Gasteiger partial charge in [0.05, 0.1) is 12.1 Å². The van der Waals surface area contributed by atoms with Crippen LogP contribution < -0.4 is 5.01 Å². The summed E-state index contributed by atoms with van der Waals surface area (Å²) >= 11 is 0. The predicted octanol–water partition coefficient (Wildman–Crippen LogP) is 1.52. The summed E-state index contributed by atoms with van der Waals surface area (Å²) in [6.07, 6.45) is 2.23. The van der Waals surface area contributed by atoms with Gasteiger partial charge in [-0.25, -0.2) is 0 Å². The molecule has 2 aliphatic rings. The topological polar surface area (TPSA) is 86.2 Å². The summed E-state index contributed by atoms with van der Waals surface area (Å²) in [4.78, 5) is 45.4. The van der Waals surface area contributed by atoms with Crippen LogP contribution in [0.25, 0.3) is 0 Å². The minimum absolute atomic E-state index is 0.0101. The number of carbonyl (C=O) groups excluding carboxylic acids is 3. The van der Waals surface area contributed by atoms with Crippen LogP contribution >= 0.6 is 0 Å². The first-order chi connectivity index (χ1) is 15.0. The van der Waals surface area contributed by atoms with E-state index in [1.165, 1.54) is 6.92 Å². The summed E-state index contributed by atoms with van der Waals surface area (Å²) in [7, 11) is 0. The Morgan fingerprint density at radius 1 is 0.935 bits per heavy atom. The lowest BCUT2D eigenvalue weighted by atomic mass is 10.1. The summed E-state index contributed by atoms with van der Waals surface area (Å²) in [5, 5.41) is 6.14. The molecule has 2 aromatic rings. The van der Waals surface area contributed by atoms with Gasteiger partial charge in [0.15, 0.2) is 5.78 Å². The third kappa shape index (κ3) is 4.63. The van der Waals surface area contributed by atoms with E-state index in [-0.39, 0.29) is 24.0 Å². The lowest BCUT2D eigenvalue weighted by Crippen LogP contribution is -2.52. The number of piperazine rings is 1. The highest BCUT2D eigenvalue weighted by Gasteiger charge is 2.36. The average Bonchev–Trinajstić information content (AvgIpc) is 3.26. The Morgan fingerprint density at radius 3 is 2.26 bits per heavy atom. The first-order valence-electron chi connectivity index (χ1n) is 10.4. The fourth-order valence-corrected chi connectivity index (χ4v) is 3.89. The summed E-state index contributed by atoms with van der Waals surface area (Å²) in [5.74, 6) is -0.183. The highest BCUT2D eigenvalue weighted by Crippen LogP contribution is 2.25. The molecule has 1 atom stereocenters. The maximum Gasteiger partial charge on any atom is 0.270 e.